The quantitative estimate of drug-likeness (QED) is 0.774. The second kappa shape index (κ2) is 8.25. The molecular weight excluding hydrogens is 325 g/mol. The van der Waals surface area contributed by atoms with E-state index in [0.717, 1.165) is 11.1 Å². The number of hydrogen-bond donors (Lipinski definition) is 1. The lowest BCUT2D eigenvalue weighted by atomic mass is 10.1. The van der Waals surface area contributed by atoms with Gasteiger partial charge in [0.2, 0.25) is 0 Å². The molecule has 24 heavy (non-hydrogen) atoms. The van der Waals surface area contributed by atoms with E-state index in [-0.39, 0.29) is 5.91 Å². The van der Waals surface area contributed by atoms with E-state index in [1.807, 2.05) is 37.3 Å². The van der Waals surface area contributed by atoms with Crippen LogP contribution < -0.4 is 5.32 Å². The van der Waals surface area contributed by atoms with E-state index in [4.69, 9.17) is 9.05 Å². The Hall–Kier alpha value is -1.94. The van der Waals surface area contributed by atoms with Crippen LogP contribution in [0.15, 0.2) is 54.6 Å². The minimum atomic E-state index is -3.47. The van der Waals surface area contributed by atoms with Gasteiger partial charge in [0.25, 0.3) is 5.91 Å². The first-order valence-corrected chi connectivity index (χ1v) is 9.22. The number of aryl methyl sites for hydroxylation is 1. The van der Waals surface area contributed by atoms with Crippen LogP contribution in [-0.2, 0) is 20.0 Å². The number of nitrogens with one attached hydrogen (secondary N) is 1. The van der Waals surface area contributed by atoms with Gasteiger partial charge in [-0.3, -0.25) is 9.36 Å². The van der Waals surface area contributed by atoms with E-state index in [9.17, 15) is 9.36 Å². The van der Waals surface area contributed by atoms with E-state index in [1.54, 1.807) is 24.3 Å². The van der Waals surface area contributed by atoms with Gasteiger partial charge in [0, 0.05) is 26.2 Å². The average molecular weight is 347 g/mol. The number of carbonyl (C=O) groups excluding carboxylic acids is 1. The number of amides is 1. The lowest BCUT2D eigenvalue weighted by Crippen LogP contribution is -2.37. The SMILES string of the molecule is COP(=O)(OC)C(Cc1ccc(C)cc1)NC(=O)c1ccccc1. The van der Waals surface area contributed by atoms with Crippen LogP contribution in [-0.4, -0.2) is 25.9 Å². The van der Waals surface area contributed by atoms with Crippen LogP contribution in [0.5, 0.6) is 0 Å². The molecule has 0 radical (unpaired) electrons. The Morgan fingerprint density at radius 3 is 2.17 bits per heavy atom. The van der Waals surface area contributed by atoms with E-state index in [1.165, 1.54) is 14.2 Å². The fourth-order valence-corrected chi connectivity index (χ4v) is 3.71. The molecule has 2 rings (SSSR count). The van der Waals surface area contributed by atoms with Crippen LogP contribution in [0.2, 0.25) is 0 Å². The van der Waals surface area contributed by atoms with Crippen molar-refractivity contribution in [2.24, 2.45) is 0 Å². The molecule has 2 aromatic rings. The normalized spacial score (nSPS) is 12.6. The maximum absolute atomic E-state index is 12.8. The van der Waals surface area contributed by atoms with Gasteiger partial charge in [0.1, 0.15) is 5.78 Å². The monoisotopic (exact) mass is 347 g/mol. The van der Waals surface area contributed by atoms with E-state index < -0.39 is 13.4 Å². The topological polar surface area (TPSA) is 64.6 Å². The van der Waals surface area contributed by atoms with Crippen LogP contribution in [0.1, 0.15) is 21.5 Å². The van der Waals surface area contributed by atoms with Gasteiger partial charge in [0.05, 0.1) is 0 Å². The Bertz CT molecular complexity index is 708. The molecule has 5 nitrogen and oxygen atoms in total. The third-order valence-corrected chi connectivity index (χ3v) is 5.87. The van der Waals surface area contributed by atoms with Gasteiger partial charge in [-0.05, 0) is 24.6 Å². The largest absolute Gasteiger partial charge is 0.352 e. The maximum atomic E-state index is 12.8. The van der Waals surface area contributed by atoms with Gasteiger partial charge < -0.3 is 14.4 Å². The highest BCUT2D eigenvalue weighted by atomic mass is 31.2. The van der Waals surface area contributed by atoms with Crippen molar-refractivity contribution in [3.8, 4) is 0 Å². The zero-order valence-corrected chi connectivity index (χ0v) is 15.0. The molecule has 1 amide bonds. The van der Waals surface area contributed by atoms with Crippen LogP contribution in [0.25, 0.3) is 0 Å². The minimum absolute atomic E-state index is 0.318. The Labute approximate surface area is 142 Å². The van der Waals surface area contributed by atoms with Gasteiger partial charge >= 0.3 is 7.60 Å². The molecule has 0 aliphatic carbocycles. The molecule has 1 N–H and O–H groups in total. The maximum Gasteiger partial charge on any atom is 0.352 e. The predicted octanol–water partition coefficient (Wildman–Crippen LogP) is 3.78. The Morgan fingerprint density at radius 2 is 1.62 bits per heavy atom. The first-order valence-electron chi connectivity index (χ1n) is 7.61. The molecule has 0 aliphatic rings. The summed E-state index contributed by atoms with van der Waals surface area (Å²) >= 11 is 0. The van der Waals surface area contributed by atoms with Crippen molar-refractivity contribution >= 4 is 13.5 Å². The summed E-state index contributed by atoms with van der Waals surface area (Å²) < 4.78 is 23.0. The highest BCUT2D eigenvalue weighted by molar-refractivity contribution is 7.54. The van der Waals surface area contributed by atoms with Crippen LogP contribution in [0.3, 0.4) is 0 Å². The molecule has 6 heteroatoms. The molecule has 0 aliphatic heterocycles. The van der Waals surface area contributed by atoms with Crippen molar-refractivity contribution in [1.82, 2.24) is 5.32 Å². The van der Waals surface area contributed by atoms with Gasteiger partial charge in [-0.25, -0.2) is 0 Å². The third-order valence-electron chi connectivity index (χ3n) is 3.77. The molecule has 0 spiro atoms. The van der Waals surface area contributed by atoms with Crippen molar-refractivity contribution < 1.29 is 18.4 Å². The first-order chi connectivity index (χ1) is 11.5. The van der Waals surface area contributed by atoms with Crippen LogP contribution in [0.4, 0.5) is 0 Å². The number of carbonyl (C=O) groups is 1. The molecule has 0 bridgehead atoms. The zero-order valence-electron chi connectivity index (χ0n) is 14.1. The summed E-state index contributed by atoms with van der Waals surface area (Å²) in [6.45, 7) is 1.99. The summed E-state index contributed by atoms with van der Waals surface area (Å²) in [4.78, 5) is 12.4. The highest BCUT2D eigenvalue weighted by Gasteiger charge is 2.35. The standard InChI is InChI=1S/C18H22NO4P/c1-14-9-11-15(12-10-14)13-17(24(21,22-2)23-3)19-18(20)16-7-5-4-6-8-16/h4-12,17H,13H2,1-3H3,(H,19,20). The molecule has 1 unspecified atom stereocenters. The fourth-order valence-electron chi connectivity index (χ4n) is 2.34. The van der Waals surface area contributed by atoms with E-state index in [2.05, 4.69) is 5.32 Å². The number of rotatable bonds is 7. The smallest absolute Gasteiger partial charge is 0.338 e. The summed E-state index contributed by atoms with van der Waals surface area (Å²) in [5, 5.41) is 2.79. The molecule has 0 heterocycles. The van der Waals surface area contributed by atoms with Crippen LogP contribution in [0, 0.1) is 6.92 Å². The van der Waals surface area contributed by atoms with Gasteiger partial charge in [0.15, 0.2) is 0 Å². The summed E-state index contributed by atoms with van der Waals surface area (Å²) in [5.74, 6) is -1.09. The zero-order chi connectivity index (χ0) is 17.6. The number of benzene rings is 2. The van der Waals surface area contributed by atoms with Gasteiger partial charge in [-0.15, -0.1) is 0 Å². The minimum Gasteiger partial charge on any atom is -0.338 e. The summed E-state index contributed by atoms with van der Waals surface area (Å²) in [5.41, 5.74) is 2.56. The van der Waals surface area contributed by atoms with E-state index >= 15 is 0 Å². The van der Waals surface area contributed by atoms with Crippen molar-refractivity contribution in [2.45, 2.75) is 19.1 Å². The van der Waals surface area contributed by atoms with Crippen molar-refractivity contribution in [2.75, 3.05) is 14.2 Å². The van der Waals surface area contributed by atoms with E-state index in [0.29, 0.717) is 12.0 Å². The average Bonchev–Trinajstić information content (AvgIpc) is 2.63. The molecule has 1 atom stereocenters. The molecular formula is C18H22NO4P. The first kappa shape index (κ1) is 18.4. The predicted molar refractivity (Wildman–Crippen MR) is 94.2 cm³/mol. The Morgan fingerprint density at radius 1 is 1.04 bits per heavy atom. The Balaban J connectivity index is 2.24. The van der Waals surface area contributed by atoms with Crippen molar-refractivity contribution in [1.29, 1.82) is 0 Å². The molecule has 0 aromatic heterocycles. The lowest BCUT2D eigenvalue weighted by Gasteiger charge is -2.25. The summed E-state index contributed by atoms with van der Waals surface area (Å²) in [6.07, 6.45) is 0.345. The lowest BCUT2D eigenvalue weighted by molar-refractivity contribution is 0.0941. The highest BCUT2D eigenvalue weighted by Crippen LogP contribution is 2.51. The summed E-state index contributed by atoms with van der Waals surface area (Å²) in [6, 6.07) is 16.6. The number of hydrogen-bond acceptors (Lipinski definition) is 4. The second-order valence-electron chi connectivity index (χ2n) is 5.45. The fraction of sp³-hybridized carbons (Fsp3) is 0.278. The Kier molecular flexibility index (Phi) is 6.32. The van der Waals surface area contributed by atoms with Crippen molar-refractivity contribution in [3.05, 3.63) is 71.3 Å². The molecule has 2 aromatic carbocycles. The molecule has 0 saturated carbocycles. The molecule has 0 saturated heterocycles. The van der Waals surface area contributed by atoms with Crippen molar-refractivity contribution in [3.63, 3.8) is 0 Å². The second-order valence-corrected chi connectivity index (χ2v) is 7.88. The molecule has 128 valence electrons. The third kappa shape index (κ3) is 4.54. The van der Waals surface area contributed by atoms with Crippen LogP contribution >= 0.6 is 7.60 Å². The van der Waals surface area contributed by atoms with Gasteiger partial charge in [-0.1, -0.05) is 48.0 Å². The molecule has 0 fully saturated rings. The van der Waals surface area contributed by atoms with Gasteiger partial charge in [-0.2, -0.15) is 0 Å². The summed E-state index contributed by atoms with van der Waals surface area (Å²) in [7, 11) is -0.834.